The van der Waals surface area contributed by atoms with Crippen LogP contribution in [0.5, 0.6) is 0 Å². The van der Waals surface area contributed by atoms with Gasteiger partial charge in [0.05, 0.1) is 0 Å². The van der Waals surface area contributed by atoms with Gasteiger partial charge in [-0.2, -0.15) is 0 Å². The number of nitrogens with zero attached hydrogens (tertiary/aromatic N) is 1. The Labute approximate surface area is 157 Å². The number of anilines is 3. The van der Waals surface area contributed by atoms with E-state index in [0.29, 0.717) is 0 Å². The molecule has 0 amide bonds. The first kappa shape index (κ1) is 16.9. The predicted molar refractivity (Wildman–Crippen MR) is 112 cm³/mol. The third-order valence-corrected chi connectivity index (χ3v) is 6.38. The lowest BCUT2D eigenvalue weighted by Gasteiger charge is -2.36. The number of benzene rings is 3. The molecule has 4 rings (SSSR count). The van der Waals surface area contributed by atoms with Crippen molar-refractivity contribution in [2.45, 2.75) is 39.5 Å². The summed E-state index contributed by atoms with van der Waals surface area (Å²) in [6.07, 6.45) is 1.15. The second-order valence-electron chi connectivity index (χ2n) is 8.53. The normalized spacial score (nSPS) is 16.9. The van der Waals surface area contributed by atoms with E-state index in [1.54, 1.807) is 0 Å². The highest BCUT2D eigenvalue weighted by atomic mass is 15.1. The van der Waals surface area contributed by atoms with Crippen LogP contribution in [0.15, 0.2) is 78.9 Å². The molecular formula is C25H27N. The Kier molecular flexibility index (Phi) is 3.91. The first-order valence-electron chi connectivity index (χ1n) is 9.44. The lowest BCUT2D eigenvalue weighted by molar-refractivity contribution is 0.225. The molecule has 26 heavy (non-hydrogen) atoms. The van der Waals surface area contributed by atoms with Crippen LogP contribution in [0.1, 0.15) is 38.8 Å². The van der Waals surface area contributed by atoms with E-state index in [4.69, 9.17) is 0 Å². The van der Waals surface area contributed by atoms with Gasteiger partial charge in [0.1, 0.15) is 0 Å². The van der Waals surface area contributed by atoms with Crippen LogP contribution < -0.4 is 4.90 Å². The van der Waals surface area contributed by atoms with Gasteiger partial charge in [0, 0.05) is 17.1 Å². The molecule has 132 valence electrons. The average Bonchev–Trinajstić information content (AvgIpc) is 2.82. The molecule has 0 unspecified atom stereocenters. The van der Waals surface area contributed by atoms with Crippen molar-refractivity contribution in [3.63, 3.8) is 0 Å². The minimum absolute atomic E-state index is 0.164. The third-order valence-electron chi connectivity index (χ3n) is 6.38. The Hall–Kier alpha value is -2.54. The quantitative estimate of drug-likeness (QED) is 0.495. The summed E-state index contributed by atoms with van der Waals surface area (Å²) in [5.41, 5.74) is 7.02. The Morgan fingerprint density at radius 1 is 0.654 bits per heavy atom. The van der Waals surface area contributed by atoms with E-state index in [-0.39, 0.29) is 10.8 Å². The molecule has 0 bridgehead atoms. The molecule has 0 atom stereocenters. The van der Waals surface area contributed by atoms with Gasteiger partial charge in [0.25, 0.3) is 0 Å². The van der Waals surface area contributed by atoms with Crippen LogP contribution in [0.4, 0.5) is 17.1 Å². The number of fused-ring (bicyclic) bond motifs is 1. The summed E-state index contributed by atoms with van der Waals surface area (Å²) in [5.74, 6) is 0. The largest absolute Gasteiger partial charge is 0.310 e. The zero-order valence-electron chi connectivity index (χ0n) is 16.2. The van der Waals surface area contributed by atoms with Gasteiger partial charge in [-0.3, -0.25) is 0 Å². The van der Waals surface area contributed by atoms with E-state index >= 15 is 0 Å². The molecule has 0 aliphatic heterocycles. The van der Waals surface area contributed by atoms with E-state index in [1.165, 1.54) is 28.2 Å². The first-order chi connectivity index (χ1) is 12.4. The van der Waals surface area contributed by atoms with E-state index in [1.807, 2.05) is 0 Å². The van der Waals surface area contributed by atoms with Gasteiger partial charge in [-0.25, -0.2) is 0 Å². The fourth-order valence-electron chi connectivity index (χ4n) is 4.10. The zero-order chi connectivity index (χ0) is 18.4. The molecule has 0 radical (unpaired) electrons. The first-order valence-corrected chi connectivity index (χ1v) is 9.44. The molecule has 3 aromatic rings. The molecule has 1 heteroatoms. The predicted octanol–water partition coefficient (Wildman–Crippen LogP) is 7.02. The van der Waals surface area contributed by atoms with Crippen molar-refractivity contribution in [2.24, 2.45) is 5.41 Å². The molecule has 0 saturated heterocycles. The number of para-hydroxylation sites is 2. The van der Waals surface area contributed by atoms with Gasteiger partial charge in [0.15, 0.2) is 0 Å². The van der Waals surface area contributed by atoms with Crippen LogP contribution in [0, 0.1) is 5.41 Å². The Morgan fingerprint density at radius 2 is 1.19 bits per heavy atom. The fraction of sp³-hybridized carbons (Fsp3) is 0.280. The zero-order valence-corrected chi connectivity index (χ0v) is 16.2. The van der Waals surface area contributed by atoms with Gasteiger partial charge >= 0.3 is 0 Å². The van der Waals surface area contributed by atoms with Crippen molar-refractivity contribution in [3.8, 4) is 0 Å². The molecule has 0 fully saturated rings. The van der Waals surface area contributed by atoms with Crippen molar-refractivity contribution in [2.75, 3.05) is 4.90 Å². The Balaban J connectivity index is 1.87. The highest BCUT2D eigenvalue weighted by Crippen LogP contribution is 2.52. The smallest absolute Gasteiger partial charge is 0.0464 e. The van der Waals surface area contributed by atoms with Crippen molar-refractivity contribution in [1.82, 2.24) is 0 Å². The van der Waals surface area contributed by atoms with E-state index < -0.39 is 0 Å². The molecule has 1 nitrogen and oxygen atoms in total. The minimum atomic E-state index is 0.164. The molecule has 0 heterocycles. The lowest BCUT2D eigenvalue weighted by atomic mass is 9.69. The van der Waals surface area contributed by atoms with Crippen molar-refractivity contribution < 1.29 is 0 Å². The van der Waals surface area contributed by atoms with Crippen molar-refractivity contribution >= 4 is 17.1 Å². The van der Waals surface area contributed by atoms with Gasteiger partial charge < -0.3 is 4.90 Å². The summed E-state index contributed by atoms with van der Waals surface area (Å²) in [7, 11) is 0. The topological polar surface area (TPSA) is 3.24 Å². The Bertz CT molecular complexity index is 868. The molecule has 3 aromatic carbocycles. The third kappa shape index (κ3) is 2.63. The molecule has 1 aliphatic carbocycles. The van der Waals surface area contributed by atoms with Gasteiger partial charge in [0.2, 0.25) is 0 Å². The molecule has 0 aromatic heterocycles. The fourth-order valence-corrected chi connectivity index (χ4v) is 4.10. The SMILES string of the molecule is CC1(C)Cc2ccc(N(c3ccccc3)c3ccccc3)cc2C1(C)C. The van der Waals surface area contributed by atoms with Crippen LogP contribution in [0.3, 0.4) is 0 Å². The van der Waals surface area contributed by atoms with Crippen LogP contribution in [-0.2, 0) is 11.8 Å². The second kappa shape index (κ2) is 6.02. The maximum absolute atomic E-state index is 2.41. The van der Waals surface area contributed by atoms with Crippen LogP contribution in [0.25, 0.3) is 0 Å². The monoisotopic (exact) mass is 341 g/mol. The van der Waals surface area contributed by atoms with Crippen LogP contribution in [0.2, 0.25) is 0 Å². The van der Waals surface area contributed by atoms with Crippen LogP contribution >= 0.6 is 0 Å². The van der Waals surface area contributed by atoms with E-state index in [9.17, 15) is 0 Å². The molecule has 1 aliphatic rings. The molecule has 0 saturated carbocycles. The molecule has 0 N–H and O–H groups in total. The molecular weight excluding hydrogens is 314 g/mol. The van der Waals surface area contributed by atoms with Gasteiger partial charge in [-0.1, -0.05) is 70.2 Å². The number of hydrogen-bond acceptors (Lipinski definition) is 1. The average molecular weight is 341 g/mol. The van der Waals surface area contributed by atoms with Gasteiger partial charge in [-0.15, -0.1) is 0 Å². The molecule has 0 spiro atoms. The minimum Gasteiger partial charge on any atom is -0.310 e. The summed E-state index contributed by atoms with van der Waals surface area (Å²) in [4.78, 5) is 2.35. The number of hydrogen-bond donors (Lipinski definition) is 0. The highest BCUT2D eigenvalue weighted by Gasteiger charge is 2.45. The summed E-state index contributed by atoms with van der Waals surface area (Å²) in [6.45, 7) is 9.55. The summed E-state index contributed by atoms with van der Waals surface area (Å²) in [5, 5.41) is 0. The second-order valence-corrected chi connectivity index (χ2v) is 8.53. The van der Waals surface area contributed by atoms with E-state index in [2.05, 4.69) is 111 Å². The number of rotatable bonds is 3. The summed E-state index contributed by atoms with van der Waals surface area (Å²) in [6, 6.07) is 28.3. The maximum Gasteiger partial charge on any atom is 0.0464 e. The maximum atomic E-state index is 2.41. The van der Waals surface area contributed by atoms with Crippen LogP contribution in [-0.4, -0.2) is 0 Å². The lowest BCUT2D eigenvalue weighted by Crippen LogP contribution is -2.32. The van der Waals surface area contributed by atoms with Crippen molar-refractivity contribution in [3.05, 3.63) is 90.0 Å². The highest BCUT2D eigenvalue weighted by molar-refractivity contribution is 5.77. The van der Waals surface area contributed by atoms with Crippen molar-refractivity contribution in [1.29, 1.82) is 0 Å². The summed E-state index contributed by atoms with van der Waals surface area (Å²) < 4.78 is 0. The van der Waals surface area contributed by atoms with E-state index in [0.717, 1.165) is 6.42 Å². The van der Waals surface area contributed by atoms with Gasteiger partial charge in [-0.05, 0) is 64.8 Å². The Morgan fingerprint density at radius 3 is 1.73 bits per heavy atom. The summed E-state index contributed by atoms with van der Waals surface area (Å²) >= 11 is 0. The standard InChI is InChI=1S/C25H27N/c1-24(2)18-19-15-16-22(17-23(19)25(24,3)4)26(20-11-7-5-8-12-20)21-13-9-6-10-14-21/h5-17H,18H2,1-4H3.